The highest BCUT2D eigenvalue weighted by molar-refractivity contribution is 6.31. The smallest absolute Gasteiger partial charge is 0.280 e. The van der Waals surface area contributed by atoms with Gasteiger partial charge in [-0.05, 0) is 12.8 Å². The van der Waals surface area contributed by atoms with Gasteiger partial charge in [-0.1, -0.05) is 63.0 Å². The van der Waals surface area contributed by atoms with Gasteiger partial charge < -0.3 is 28.7 Å². The molecule has 1 amide bonds. The van der Waals surface area contributed by atoms with E-state index < -0.39 is 5.91 Å². The highest BCUT2D eigenvalue weighted by Gasteiger charge is 2.16. The molecule has 0 atom stereocenters. The van der Waals surface area contributed by atoms with Gasteiger partial charge in [0.2, 0.25) is 0 Å². The molecule has 0 aromatic carbocycles. The number of aromatic nitrogens is 2. The second kappa shape index (κ2) is 19.2. The van der Waals surface area contributed by atoms with Gasteiger partial charge in [0.15, 0.2) is 34.4 Å². The van der Waals surface area contributed by atoms with Gasteiger partial charge >= 0.3 is 0 Å². The van der Waals surface area contributed by atoms with Gasteiger partial charge in [-0.2, -0.15) is 0 Å². The Labute approximate surface area is 212 Å². The van der Waals surface area contributed by atoms with E-state index in [4.69, 9.17) is 40.3 Å². The maximum absolute atomic E-state index is 12.1. The number of carbonyl (C=O) groups excluding carboxylic acids is 1. The highest BCUT2D eigenvalue weighted by atomic mass is 35.5. The van der Waals surface area contributed by atoms with Crippen molar-refractivity contribution in [3.05, 3.63) is 10.8 Å². The molecule has 1 aromatic heterocycles. The van der Waals surface area contributed by atoms with E-state index in [1.807, 2.05) is 0 Å². The Kier molecular flexibility index (Phi) is 19.2. The largest absolute Gasteiger partial charge is 0.382 e. The first-order valence-corrected chi connectivity index (χ1v) is 10.9. The second-order valence-electron chi connectivity index (χ2n) is 7.20. The van der Waals surface area contributed by atoms with E-state index in [1.165, 1.54) is 32.1 Å². The van der Waals surface area contributed by atoms with Crippen molar-refractivity contribution < 1.29 is 4.79 Å². The van der Waals surface area contributed by atoms with Crippen LogP contribution < -0.4 is 34.0 Å². The summed E-state index contributed by atoms with van der Waals surface area (Å²) >= 11 is 5.77. The molecule has 0 spiro atoms. The Morgan fingerprint density at radius 2 is 1.21 bits per heavy atom. The van der Waals surface area contributed by atoms with E-state index in [9.17, 15) is 4.79 Å². The molecule has 33 heavy (non-hydrogen) atoms. The molecule has 11 nitrogen and oxygen atoms in total. The molecular formula is C19H37Cl3N10O. The first kappa shape index (κ1) is 32.9. The molecule has 14 heteroatoms. The average Bonchev–Trinajstić information content (AvgIpc) is 2.70. The molecule has 190 valence electrons. The lowest BCUT2D eigenvalue weighted by atomic mass is 10.1. The zero-order chi connectivity index (χ0) is 23.1. The molecule has 1 rings (SSSR count). The zero-order valence-electron chi connectivity index (χ0n) is 18.8. The Bertz CT molecular complexity index is 758. The maximum atomic E-state index is 12.1. The number of amides is 1. The Morgan fingerprint density at radius 3 is 1.70 bits per heavy atom. The lowest BCUT2D eigenvalue weighted by Crippen LogP contribution is -2.38. The topological polar surface area (TPSA) is 210 Å². The lowest BCUT2D eigenvalue weighted by molar-refractivity contribution is 0.0972. The van der Waals surface area contributed by atoms with E-state index in [-0.39, 0.29) is 59.2 Å². The third-order valence-electron chi connectivity index (χ3n) is 4.50. The Hall–Kier alpha value is -2.24. The number of unbranched alkanes of at least 4 members (excludes halogenated alkanes) is 9. The number of nitrogens with zero attached hydrogens (tertiary/aromatic N) is 4. The lowest BCUT2D eigenvalue weighted by Gasteiger charge is -2.07. The Balaban J connectivity index is 0. The number of nitrogens with one attached hydrogen (secondary N) is 1. The van der Waals surface area contributed by atoms with Crippen molar-refractivity contribution in [2.45, 2.75) is 64.2 Å². The molecule has 0 fully saturated rings. The third kappa shape index (κ3) is 15.3. The fraction of sp³-hybridized carbons (Fsp3) is 0.632. The summed E-state index contributed by atoms with van der Waals surface area (Å²) in [5, 5.41) is 2.32. The summed E-state index contributed by atoms with van der Waals surface area (Å²) in [6, 6.07) is 0. The van der Waals surface area contributed by atoms with E-state index in [0.717, 1.165) is 38.6 Å². The van der Waals surface area contributed by atoms with Crippen LogP contribution in [0.25, 0.3) is 0 Å². The van der Waals surface area contributed by atoms with Crippen LogP contribution in [0.4, 0.5) is 11.6 Å². The minimum Gasteiger partial charge on any atom is -0.382 e. The summed E-state index contributed by atoms with van der Waals surface area (Å²) in [5.74, 6) is -0.639. The molecule has 0 aliphatic rings. The molecule has 1 heterocycles. The van der Waals surface area contributed by atoms with Crippen LogP contribution in [0.1, 0.15) is 74.7 Å². The predicted molar refractivity (Wildman–Crippen MR) is 141 cm³/mol. The van der Waals surface area contributed by atoms with Crippen LogP contribution in [0, 0.1) is 0 Å². The first-order valence-electron chi connectivity index (χ1n) is 10.6. The van der Waals surface area contributed by atoms with E-state index in [0.29, 0.717) is 6.54 Å². The number of anilines is 2. The molecular weight excluding hydrogens is 491 g/mol. The summed E-state index contributed by atoms with van der Waals surface area (Å²) in [6.07, 6.45) is 11.5. The number of hydrogen-bond donors (Lipinski definition) is 6. The molecule has 11 N–H and O–H groups in total. The van der Waals surface area contributed by atoms with Gasteiger partial charge in [0.05, 0.1) is 0 Å². The molecule has 1 aromatic rings. The summed E-state index contributed by atoms with van der Waals surface area (Å²) < 4.78 is 0. The molecule has 0 radical (unpaired) electrons. The standard InChI is InChI=1S/C19H35ClN10O.2ClH/c20-14-16(22)29-15(21)13(28-14)17(31)30-19(25)27-12-10-8-6-4-2-1-3-5-7-9-11-26-18(23)24;;/h1-12H2,(H4,21,22,29)(H4,23,24,26)(H3,25,27,30,31);2*1H. The van der Waals surface area contributed by atoms with Crippen molar-refractivity contribution in [2.75, 3.05) is 24.6 Å². The molecule has 0 saturated carbocycles. The van der Waals surface area contributed by atoms with Gasteiger partial charge in [0, 0.05) is 13.1 Å². The number of hydrogen-bond acceptors (Lipinski definition) is 7. The fourth-order valence-corrected chi connectivity index (χ4v) is 3.00. The van der Waals surface area contributed by atoms with Crippen molar-refractivity contribution in [1.82, 2.24) is 15.3 Å². The van der Waals surface area contributed by atoms with Crippen LogP contribution in [-0.2, 0) is 0 Å². The normalized spacial score (nSPS) is 10.6. The van der Waals surface area contributed by atoms with Crippen LogP contribution >= 0.6 is 36.4 Å². The summed E-state index contributed by atoms with van der Waals surface area (Å²) in [5.41, 5.74) is 27.3. The third-order valence-corrected chi connectivity index (χ3v) is 4.78. The predicted octanol–water partition coefficient (Wildman–Crippen LogP) is 2.36. The SMILES string of the molecule is Cl.Cl.NC(N)=NCCCCCCCCCCCCN=C(N)NC(=O)c1nc(Cl)c(N)nc1N. The van der Waals surface area contributed by atoms with E-state index in [1.54, 1.807) is 0 Å². The number of carbonyl (C=O) groups is 1. The van der Waals surface area contributed by atoms with Crippen molar-refractivity contribution in [2.24, 2.45) is 27.2 Å². The number of guanidine groups is 2. The zero-order valence-corrected chi connectivity index (χ0v) is 21.2. The van der Waals surface area contributed by atoms with E-state index >= 15 is 0 Å². The Morgan fingerprint density at radius 1 is 0.758 bits per heavy atom. The number of nitrogen functional groups attached to an aromatic ring is 2. The fourth-order valence-electron chi connectivity index (χ4n) is 2.87. The molecule has 0 bridgehead atoms. The second-order valence-corrected chi connectivity index (χ2v) is 7.55. The van der Waals surface area contributed by atoms with Crippen molar-refractivity contribution >= 4 is 65.9 Å². The number of halogens is 3. The quantitative estimate of drug-likeness (QED) is 0.120. The monoisotopic (exact) mass is 526 g/mol. The summed E-state index contributed by atoms with van der Waals surface area (Å²) in [6.45, 7) is 1.25. The molecule has 0 aliphatic heterocycles. The summed E-state index contributed by atoms with van der Waals surface area (Å²) in [4.78, 5) is 27.8. The van der Waals surface area contributed by atoms with Crippen LogP contribution in [0.3, 0.4) is 0 Å². The van der Waals surface area contributed by atoms with Gasteiger partial charge in [-0.3, -0.25) is 20.1 Å². The van der Waals surface area contributed by atoms with Crippen LogP contribution in [0.2, 0.25) is 5.15 Å². The van der Waals surface area contributed by atoms with Gasteiger partial charge in [-0.25, -0.2) is 9.97 Å². The number of rotatable bonds is 14. The molecule has 0 unspecified atom stereocenters. The average molecular weight is 528 g/mol. The highest BCUT2D eigenvalue weighted by Crippen LogP contribution is 2.17. The van der Waals surface area contributed by atoms with Gasteiger partial charge in [0.25, 0.3) is 5.91 Å². The van der Waals surface area contributed by atoms with Crippen molar-refractivity contribution in [3.63, 3.8) is 0 Å². The van der Waals surface area contributed by atoms with Crippen LogP contribution in [-0.4, -0.2) is 40.9 Å². The number of nitrogens with two attached hydrogens (primary N) is 5. The van der Waals surface area contributed by atoms with Crippen LogP contribution in [0.5, 0.6) is 0 Å². The minimum atomic E-state index is -0.635. The molecule has 0 saturated heterocycles. The van der Waals surface area contributed by atoms with Gasteiger partial charge in [0.1, 0.15) is 0 Å². The summed E-state index contributed by atoms with van der Waals surface area (Å²) in [7, 11) is 0. The van der Waals surface area contributed by atoms with Crippen molar-refractivity contribution in [3.8, 4) is 0 Å². The van der Waals surface area contributed by atoms with E-state index in [2.05, 4.69) is 25.3 Å². The first-order chi connectivity index (χ1) is 14.8. The van der Waals surface area contributed by atoms with Crippen LogP contribution in [0.15, 0.2) is 9.98 Å². The van der Waals surface area contributed by atoms with Gasteiger partial charge in [-0.15, -0.1) is 24.8 Å². The minimum absolute atomic E-state index is 0. The van der Waals surface area contributed by atoms with Crippen molar-refractivity contribution in [1.29, 1.82) is 0 Å². The maximum Gasteiger partial charge on any atom is 0.280 e. The molecule has 0 aliphatic carbocycles. The number of aliphatic imine (C=N–C) groups is 2.